The van der Waals surface area contributed by atoms with Gasteiger partial charge in [0.1, 0.15) is 11.5 Å². The second-order valence-corrected chi connectivity index (χ2v) is 6.75. The number of hydrogen-bond donors (Lipinski definition) is 1. The van der Waals surface area contributed by atoms with Crippen molar-refractivity contribution in [2.75, 3.05) is 0 Å². The van der Waals surface area contributed by atoms with Crippen molar-refractivity contribution in [3.05, 3.63) is 88.9 Å². The minimum Gasteiger partial charge on any atom is -0.438 e. The molecule has 2 aromatic heterocycles. The number of halogens is 2. The number of aromatic nitrogens is 3. The van der Waals surface area contributed by atoms with Crippen LogP contribution in [0, 0.1) is 12.7 Å². The van der Waals surface area contributed by atoms with Gasteiger partial charge in [-0.05, 0) is 49.4 Å². The van der Waals surface area contributed by atoms with Crippen molar-refractivity contribution < 1.29 is 13.6 Å². The molecule has 8 heteroatoms. The zero-order chi connectivity index (χ0) is 20.4. The minimum atomic E-state index is -0.424. The van der Waals surface area contributed by atoms with Gasteiger partial charge in [-0.25, -0.2) is 14.1 Å². The van der Waals surface area contributed by atoms with Crippen LogP contribution in [0.25, 0.3) is 17.0 Å². The Bertz CT molecular complexity index is 1170. The molecule has 0 atom stereocenters. The molecule has 1 N–H and O–H groups in total. The molecule has 0 aliphatic heterocycles. The first kappa shape index (κ1) is 18.9. The smallest absolute Gasteiger partial charge is 0.272 e. The molecule has 4 aromatic rings. The lowest BCUT2D eigenvalue weighted by atomic mass is 10.1. The molecule has 0 spiro atoms. The van der Waals surface area contributed by atoms with Crippen molar-refractivity contribution in [1.82, 2.24) is 20.1 Å². The number of para-hydroxylation sites is 1. The Morgan fingerprint density at radius 2 is 1.93 bits per heavy atom. The highest BCUT2D eigenvalue weighted by Gasteiger charge is 2.15. The fourth-order valence-electron chi connectivity index (χ4n) is 2.86. The van der Waals surface area contributed by atoms with E-state index in [0.29, 0.717) is 22.4 Å². The van der Waals surface area contributed by atoms with Crippen LogP contribution in [0.4, 0.5) is 4.39 Å². The summed E-state index contributed by atoms with van der Waals surface area (Å²) in [6, 6.07) is 14.9. The van der Waals surface area contributed by atoms with Gasteiger partial charge in [-0.3, -0.25) is 4.79 Å². The third-order valence-electron chi connectivity index (χ3n) is 4.27. The fraction of sp³-hybridized carbons (Fsp3) is 0.0952. The summed E-state index contributed by atoms with van der Waals surface area (Å²) in [6.07, 6.45) is 1.53. The first-order valence-corrected chi connectivity index (χ1v) is 9.20. The summed E-state index contributed by atoms with van der Waals surface area (Å²) >= 11 is 5.91. The number of hydrogen-bond acceptors (Lipinski definition) is 4. The average molecular weight is 411 g/mol. The van der Waals surface area contributed by atoms with Crippen molar-refractivity contribution in [2.45, 2.75) is 13.5 Å². The van der Waals surface area contributed by atoms with Crippen LogP contribution >= 0.6 is 11.6 Å². The fourth-order valence-corrected chi connectivity index (χ4v) is 2.99. The highest BCUT2D eigenvalue weighted by molar-refractivity contribution is 6.30. The second kappa shape index (κ2) is 7.89. The summed E-state index contributed by atoms with van der Waals surface area (Å²) in [4.78, 5) is 16.7. The molecule has 2 aromatic carbocycles. The van der Waals surface area contributed by atoms with E-state index in [1.54, 1.807) is 30.3 Å². The van der Waals surface area contributed by atoms with E-state index in [1.165, 1.54) is 23.0 Å². The van der Waals surface area contributed by atoms with Crippen LogP contribution in [0.1, 0.15) is 22.1 Å². The van der Waals surface area contributed by atoms with Crippen LogP contribution in [-0.2, 0) is 6.54 Å². The van der Waals surface area contributed by atoms with Gasteiger partial charge < -0.3 is 9.73 Å². The molecule has 0 saturated carbocycles. The van der Waals surface area contributed by atoms with E-state index in [4.69, 9.17) is 16.0 Å². The predicted octanol–water partition coefficient (Wildman–Crippen LogP) is 4.56. The monoisotopic (exact) mass is 410 g/mol. The molecule has 0 saturated heterocycles. The molecule has 0 radical (unpaired) electrons. The maximum atomic E-state index is 13.9. The number of benzene rings is 2. The molecule has 29 heavy (non-hydrogen) atoms. The average Bonchev–Trinajstić information content (AvgIpc) is 3.34. The van der Waals surface area contributed by atoms with Gasteiger partial charge in [0.2, 0.25) is 5.89 Å². The molecular weight excluding hydrogens is 395 g/mol. The van der Waals surface area contributed by atoms with E-state index >= 15 is 0 Å². The van der Waals surface area contributed by atoms with Crippen LogP contribution in [0.5, 0.6) is 0 Å². The summed E-state index contributed by atoms with van der Waals surface area (Å²) < 4.78 is 21.0. The number of nitrogens with one attached hydrogen (secondary N) is 1. The van der Waals surface area contributed by atoms with Gasteiger partial charge >= 0.3 is 0 Å². The number of carbonyl (C=O) groups excluding carboxylic acids is 1. The zero-order valence-electron chi connectivity index (χ0n) is 15.4. The van der Waals surface area contributed by atoms with Crippen LogP contribution in [0.15, 0.2) is 65.2 Å². The predicted molar refractivity (Wildman–Crippen MR) is 106 cm³/mol. The summed E-state index contributed by atoms with van der Waals surface area (Å²) in [7, 11) is 0. The van der Waals surface area contributed by atoms with Gasteiger partial charge in [0.25, 0.3) is 5.91 Å². The number of nitrogens with zero attached hydrogens (tertiary/aromatic N) is 3. The van der Waals surface area contributed by atoms with E-state index in [1.807, 2.05) is 19.1 Å². The van der Waals surface area contributed by atoms with Crippen molar-refractivity contribution in [1.29, 1.82) is 0 Å². The summed E-state index contributed by atoms with van der Waals surface area (Å²) in [5, 5.41) is 7.48. The highest BCUT2D eigenvalue weighted by Crippen LogP contribution is 2.25. The quantitative estimate of drug-likeness (QED) is 0.523. The van der Waals surface area contributed by atoms with Crippen LogP contribution < -0.4 is 5.32 Å². The van der Waals surface area contributed by atoms with Gasteiger partial charge in [0.15, 0.2) is 11.5 Å². The van der Waals surface area contributed by atoms with Gasteiger partial charge in [0, 0.05) is 16.8 Å². The number of rotatable bonds is 5. The van der Waals surface area contributed by atoms with Gasteiger partial charge in [-0.15, -0.1) is 0 Å². The Morgan fingerprint density at radius 1 is 1.17 bits per heavy atom. The van der Waals surface area contributed by atoms with E-state index < -0.39 is 11.7 Å². The Labute approximate surface area is 170 Å². The van der Waals surface area contributed by atoms with Gasteiger partial charge in [0.05, 0.1) is 12.2 Å². The Kier molecular flexibility index (Phi) is 5.14. The third kappa shape index (κ3) is 4.05. The SMILES string of the molecule is Cc1nc(CNC(=O)c2ccn(-c3ccccc3F)n2)oc1-c1ccc(Cl)cc1. The van der Waals surface area contributed by atoms with Crippen LogP contribution in [-0.4, -0.2) is 20.7 Å². The lowest BCUT2D eigenvalue weighted by molar-refractivity contribution is 0.0942. The molecule has 0 unspecified atom stereocenters. The molecule has 146 valence electrons. The Morgan fingerprint density at radius 3 is 2.69 bits per heavy atom. The summed E-state index contributed by atoms with van der Waals surface area (Å²) in [5.41, 5.74) is 1.98. The zero-order valence-corrected chi connectivity index (χ0v) is 16.2. The van der Waals surface area contributed by atoms with E-state index in [9.17, 15) is 9.18 Å². The summed E-state index contributed by atoms with van der Waals surface area (Å²) in [6.45, 7) is 1.93. The lowest BCUT2D eigenvalue weighted by Crippen LogP contribution is -2.23. The number of aryl methyl sites for hydroxylation is 1. The van der Waals surface area contributed by atoms with E-state index in [2.05, 4.69) is 15.4 Å². The normalized spacial score (nSPS) is 10.9. The topological polar surface area (TPSA) is 73.0 Å². The molecule has 0 aliphatic carbocycles. The standard InChI is InChI=1S/C21H16ClFN4O2/c1-13-20(14-6-8-15(22)9-7-14)29-19(25-13)12-24-21(28)17-10-11-27(26-17)18-5-3-2-4-16(18)23/h2-11H,12H2,1H3,(H,24,28). The molecule has 2 heterocycles. The molecule has 6 nitrogen and oxygen atoms in total. The van der Waals surface area contributed by atoms with Crippen LogP contribution in [0.2, 0.25) is 5.02 Å². The van der Waals surface area contributed by atoms with E-state index in [0.717, 1.165) is 5.56 Å². The summed E-state index contributed by atoms with van der Waals surface area (Å²) in [5.74, 6) is 0.153. The molecule has 1 amide bonds. The molecule has 0 aliphatic rings. The minimum absolute atomic E-state index is 0.0970. The molecule has 0 bridgehead atoms. The van der Waals surface area contributed by atoms with Crippen molar-refractivity contribution >= 4 is 17.5 Å². The number of amides is 1. The number of carbonyl (C=O) groups is 1. The molecule has 0 fully saturated rings. The van der Waals surface area contributed by atoms with Crippen molar-refractivity contribution in [3.63, 3.8) is 0 Å². The maximum absolute atomic E-state index is 13.9. The number of oxazole rings is 1. The van der Waals surface area contributed by atoms with Crippen molar-refractivity contribution in [3.8, 4) is 17.0 Å². The largest absolute Gasteiger partial charge is 0.438 e. The van der Waals surface area contributed by atoms with Gasteiger partial charge in [-0.1, -0.05) is 23.7 Å². The molecular formula is C21H16ClFN4O2. The lowest BCUT2D eigenvalue weighted by Gasteiger charge is -2.02. The highest BCUT2D eigenvalue weighted by atomic mass is 35.5. The van der Waals surface area contributed by atoms with Crippen molar-refractivity contribution in [2.24, 2.45) is 0 Å². The van der Waals surface area contributed by atoms with E-state index in [-0.39, 0.29) is 17.9 Å². The molecule has 4 rings (SSSR count). The Balaban J connectivity index is 1.45. The first-order valence-electron chi connectivity index (χ1n) is 8.82. The van der Waals surface area contributed by atoms with Gasteiger partial charge in [-0.2, -0.15) is 5.10 Å². The Hall–Kier alpha value is -3.45. The maximum Gasteiger partial charge on any atom is 0.272 e. The third-order valence-corrected chi connectivity index (χ3v) is 4.52. The first-order chi connectivity index (χ1) is 14.0. The van der Waals surface area contributed by atoms with Crippen LogP contribution in [0.3, 0.4) is 0 Å². The second-order valence-electron chi connectivity index (χ2n) is 6.31.